The van der Waals surface area contributed by atoms with Gasteiger partial charge in [-0.25, -0.2) is 0 Å². The molecule has 0 saturated heterocycles. The Kier molecular flexibility index (Phi) is 6.74. The molecule has 0 aromatic heterocycles. The van der Waals surface area contributed by atoms with Gasteiger partial charge in [-0.2, -0.15) is 0 Å². The van der Waals surface area contributed by atoms with E-state index in [0.29, 0.717) is 34.9 Å². The number of halogens is 2. The maximum absolute atomic E-state index is 6.44. The van der Waals surface area contributed by atoms with Gasteiger partial charge in [0.05, 0.1) is 5.71 Å². The van der Waals surface area contributed by atoms with Crippen LogP contribution in [0.5, 0.6) is 5.75 Å². The van der Waals surface area contributed by atoms with Crippen LogP contribution in [0.3, 0.4) is 0 Å². The van der Waals surface area contributed by atoms with Gasteiger partial charge in [0.25, 0.3) is 0 Å². The molecular formula is C27H24Cl2N2O. The molecule has 1 aliphatic heterocycles. The van der Waals surface area contributed by atoms with Crippen molar-refractivity contribution in [3.05, 3.63) is 93.0 Å². The zero-order valence-electron chi connectivity index (χ0n) is 18.1. The van der Waals surface area contributed by atoms with Crippen LogP contribution in [0.2, 0.25) is 10.0 Å². The van der Waals surface area contributed by atoms with Crippen LogP contribution in [0.25, 0.3) is 0 Å². The van der Waals surface area contributed by atoms with Gasteiger partial charge in [-0.1, -0.05) is 73.3 Å². The predicted molar refractivity (Wildman–Crippen MR) is 134 cm³/mol. The molecule has 4 rings (SSSR count). The Bertz CT molecular complexity index is 1170. The number of fused-ring (bicyclic) bond motifs is 1. The minimum absolute atomic E-state index is 0.216. The summed E-state index contributed by atoms with van der Waals surface area (Å²) in [6, 6.07) is 20.1. The van der Waals surface area contributed by atoms with E-state index in [1.54, 1.807) is 0 Å². The maximum atomic E-state index is 6.44. The van der Waals surface area contributed by atoms with Crippen LogP contribution in [-0.2, 0) is 6.54 Å². The Morgan fingerprint density at radius 3 is 2.44 bits per heavy atom. The molecule has 1 aliphatic rings. The Balaban J connectivity index is 1.74. The summed E-state index contributed by atoms with van der Waals surface area (Å²) in [5.74, 6) is 3.71. The first-order valence-corrected chi connectivity index (χ1v) is 11.3. The van der Waals surface area contributed by atoms with E-state index in [1.807, 2.05) is 36.4 Å². The first-order valence-electron chi connectivity index (χ1n) is 10.5. The molecule has 3 nitrogen and oxygen atoms in total. The number of rotatable bonds is 6. The molecule has 162 valence electrons. The molecule has 0 N–H and O–H groups in total. The van der Waals surface area contributed by atoms with E-state index in [-0.39, 0.29) is 6.61 Å². The highest BCUT2D eigenvalue weighted by atomic mass is 35.5. The highest BCUT2D eigenvalue weighted by Gasteiger charge is 2.23. The lowest BCUT2D eigenvalue weighted by molar-refractivity contribution is 0.370. The van der Waals surface area contributed by atoms with E-state index in [0.717, 1.165) is 28.1 Å². The van der Waals surface area contributed by atoms with Crippen LogP contribution in [0.15, 0.2) is 65.7 Å². The van der Waals surface area contributed by atoms with Crippen molar-refractivity contribution in [3.63, 3.8) is 0 Å². The fourth-order valence-electron chi connectivity index (χ4n) is 3.79. The van der Waals surface area contributed by atoms with Crippen molar-refractivity contribution < 1.29 is 4.74 Å². The SMILES string of the molecule is C#CCOc1ccc2c(c1)C(c1ccc(C(C)C)cc1)=NCN2Cc1c(Cl)cccc1Cl. The van der Waals surface area contributed by atoms with Crippen LogP contribution in [0.1, 0.15) is 42.0 Å². The summed E-state index contributed by atoms with van der Waals surface area (Å²) >= 11 is 12.9. The van der Waals surface area contributed by atoms with E-state index >= 15 is 0 Å². The van der Waals surface area contributed by atoms with Crippen LogP contribution < -0.4 is 9.64 Å². The molecule has 0 amide bonds. The first kappa shape index (κ1) is 22.3. The molecular weight excluding hydrogens is 439 g/mol. The predicted octanol–water partition coefficient (Wildman–Crippen LogP) is 6.94. The summed E-state index contributed by atoms with van der Waals surface area (Å²) in [6.07, 6.45) is 5.38. The standard InChI is InChI=1S/C27H24Cl2N2O/c1-4-14-32-21-12-13-26-22(15-21)27(20-10-8-19(9-11-20)18(2)3)30-17-31(26)16-23-24(28)6-5-7-25(23)29/h1,5-13,15,18H,14,16-17H2,2-3H3. The summed E-state index contributed by atoms with van der Waals surface area (Å²) in [5, 5.41) is 1.29. The van der Waals surface area contributed by atoms with Crippen molar-refractivity contribution in [2.45, 2.75) is 26.3 Å². The van der Waals surface area contributed by atoms with Gasteiger partial charge in [-0.15, -0.1) is 6.42 Å². The van der Waals surface area contributed by atoms with Crippen molar-refractivity contribution >= 4 is 34.6 Å². The smallest absolute Gasteiger partial charge is 0.148 e. The number of benzene rings is 3. The molecule has 0 unspecified atom stereocenters. The molecule has 0 bridgehead atoms. The van der Waals surface area contributed by atoms with Crippen molar-refractivity contribution in [2.24, 2.45) is 4.99 Å². The van der Waals surface area contributed by atoms with Crippen molar-refractivity contribution in [1.29, 1.82) is 0 Å². The van der Waals surface area contributed by atoms with Gasteiger partial charge in [0.15, 0.2) is 0 Å². The third kappa shape index (κ3) is 4.63. The highest BCUT2D eigenvalue weighted by Crippen LogP contribution is 2.35. The second-order valence-electron chi connectivity index (χ2n) is 7.99. The second kappa shape index (κ2) is 9.69. The van der Waals surface area contributed by atoms with Crippen molar-refractivity contribution in [1.82, 2.24) is 0 Å². The molecule has 0 saturated carbocycles. The van der Waals surface area contributed by atoms with Gasteiger partial charge >= 0.3 is 0 Å². The first-order chi connectivity index (χ1) is 15.5. The van der Waals surface area contributed by atoms with E-state index in [1.165, 1.54) is 5.56 Å². The Labute approximate surface area is 199 Å². The number of hydrogen-bond donors (Lipinski definition) is 0. The van der Waals surface area contributed by atoms with Crippen LogP contribution in [0.4, 0.5) is 5.69 Å². The summed E-state index contributed by atoms with van der Waals surface area (Å²) < 4.78 is 5.70. The van der Waals surface area contributed by atoms with E-state index < -0.39 is 0 Å². The Morgan fingerprint density at radius 2 is 1.78 bits per heavy atom. The van der Waals surface area contributed by atoms with E-state index in [4.69, 9.17) is 39.4 Å². The third-order valence-electron chi connectivity index (χ3n) is 5.55. The summed E-state index contributed by atoms with van der Waals surface area (Å²) in [4.78, 5) is 7.10. The third-order valence-corrected chi connectivity index (χ3v) is 6.26. The number of anilines is 1. The van der Waals surface area contributed by atoms with Crippen LogP contribution >= 0.6 is 23.2 Å². The van der Waals surface area contributed by atoms with Gasteiger partial charge in [0.1, 0.15) is 19.0 Å². The van der Waals surface area contributed by atoms with E-state index in [9.17, 15) is 0 Å². The number of hydrogen-bond acceptors (Lipinski definition) is 3. The number of terminal acetylenes is 1. The Morgan fingerprint density at radius 1 is 1.06 bits per heavy atom. The topological polar surface area (TPSA) is 24.8 Å². The molecule has 0 aliphatic carbocycles. The fraction of sp³-hybridized carbons (Fsp3) is 0.222. The minimum atomic E-state index is 0.216. The Hall–Kier alpha value is -2.93. The van der Waals surface area contributed by atoms with E-state index in [2.05, 4.69) is 48.9 Å². The molecule has 0 spiro atoms. The molecule has 32 heavy (non-hydrogen) atoms. The van der Waals surface area contributed by atoms with Crippen molar-refractivity contribution in [3.8, 4) is 18.1 Å². The quantitative estimate of drug-likeness (QED) is 0.370. The lowest BCUT2D eigenvalue weighted by Gasteiger charge is -2.31. The van der Waals surface area contributed by atoms with Crippen LogP contribution in [-0.4, -0.2) is 19.0 Å². The second-order valence-corrected chi connectivity index (χ2v) is 8.81. The summed E-state index contributed by atoms with van der Waals surface area (Å²) in [7, 11) is 0. The molecule has 1 heterocycles. The average molecular weight is 463 g/mol. The average Bonchev–Trinajstić information content (AvgIpc) is 2.80. The van der Waals surface area contributed by atoms with Gasteiger partial charge in [-0.3, -0.25) is 4.99 Å². The maximum Gasteiger partial charge on any atom is 0.148 e. The summed E-state index contributed by atoms with van der Waals surface area (Å²) in [5.41, 5.74) is 6.22. The minimum Gasteiger partial charge on any atom is -0.481 e. The van der Waals surface area contributed by atoms with Gasteiger partial charge in [-0.05, 0) is 41.8 Å². The van der Waals surface area contributed by atoms with Gasteiger partial charge in [0, 0.05) is 39.0 Å². The normalized spacial score (nSPS) is 12.9. The number of aliphatic imine (C=N–C) groups is 1. The van der Waals surface area contributed by atoms with Gasteiger partial charge in [0.2, 0.25) is 0 Å². The van der Waals surface area contributed by atoms with Gasteiger partial charge < -0.3 is 9.64 Å². The highest BCUT2D eigenvalue weighted by molar-refractivity contribution is 6.36. The molecule has 3 aromatic rings. The zero-order chi connectivity index (χ0) is 22.7. The number of nitrogens with zero attached hydrogens (tertiary/aromatic N) is 2. The molecule has 0 radical (unpaired) electrons. The largest absolute Gasteiger partial charge is 0.481 e. The molecule has 3 aromatic carbocycles. The van der Waals surface area contributed by atoms with Crippen LogP contribution in [0, 0.1) is 12.3 Å². The molecule has 0 fully saturated rings. The van der Waals surface area contributed by atoms with Crippen molar-refractivity contribution in [2.75, 3.05) is 18.2 Å². The fourth-order valence-corrected chi connectivity index (χ4v) is 4.31. The summed E-state index contributed by atoms with van der Waals surface area (Å²) in [6.45, 7) is 5.65. The molecule has 5 heteroatoms. The molecule has 0 atom stereocenters. The zero-order valence-corrected chi connectivity index (χ0v) is 19.6. The lowest BCUT2D eigenvalue weighted by atomic mass is 9.95. The lowest BCUT2D eigenvalue weighted by Crippen LogP contribution is -2.30. The monoisotopic (exact) mass is 462 g/mol. The number of ether oxygens (including phenoxy) is 1.